The quantitative estimate of drug-likeness (QED) is 0.147. The fourth-order valence-electron chi connectivity index (χ4n) is 5.84. The van der Waals surface area contributed by atoms with E-state index in [1.54, 1.807) is 6.92 Å². The highest BCUT2D eigenvalue weighted by Gasteiger charge is 2.47. The van der Waals surface area contributed by atoms with E-state index in [9.17, 15) is 49.1 Å². The summed E-state index contributed by atoms with van der Waals surface area (Å²) in [6, 6.07) is 6.58. The molecule has 0 fully saturated rings. The summed E-state index contributed by atoms with van der Waals surface area (Å²) < 4.78 is 135. The Kier molecular flexibility index (Phi) is 11.7. The van der Waals surface area contributed by atoms with Crippen molar-refractivity contribution in [3.8, 4) is 11.8 Å². The summed E-state index contributed by atoms with van der Waals surface area (Å²) in [6.45, 7) is 0.942. The van der Waals surface area contributed by atoms with E-state index in [4.69, 9.17) is 25.6 Å². The number of carbonyl (C=O) groups excluding carboxylic acids is 1. The van der Waals surface area contributed by atoms with Crippen molar-refractivity contribution in [1.82, 2.24) is 4.98 Å². The number of alkyl halides is 9. The van der Waals surface area contributed by atoms with Gasteiger partial charge in [0.25, 0.3) is 0 Å². The summed E-state index contributed by atoms with van der Waals surface area (Å²) >= 11 is 0. The molecule has 0 radical (unpaired) electrons. The van der Waals surface area contributed by atoms with E-state index in [-0.39, 0.29) is 66.6 Å². The summed E-state index contributed by atoms with van der Waals surface area (Å²) in [5.74, 6) is -2.51. The Hall–Kier alpha value is -5.05. The third-order valence-corrected chi connectivity index (χ3v) is 8.36. The number of hydrogen-bond acceptors (Lipinski definition) is 7. The minimum atomic E-state index is -5.16. The second-order valence-corrected chi connectivity index (χ2v) is 12.0. The molecule has 3 N–H and O–H groups in total. The van der Waals surface area contributed by atoms with Crippen molar-refractivity contribution in [1.29, 1.82) is 5.26 Å². The van der Waals surface area contributed by atoms with E-state index in [0.717, 1.165) is 17.0 Å². The maximum atomic E-state index is 14.0. The number of rotatable bonds is 11. The Labute approximate surface area is 290 Å². The molecule has 280 valence electrons. The average molecular weight is 747 g/mol. The van der Waals surface area contributed by atoms with Gasteiger partial charge in [-0.15, -0.1) is 0 Å². The molecule has 0 aliphatic carbocycles. The summed E-state index contributed by atoms with van der Waals surface area (Å²) in [5.41, 5.74) is -0.203. The molecule has 0 spiro atoms. The smallest absolute Gasteiger partial charge is 0.416 e. The molecule has 0 saturated heterocycles. The van der Waals surface area contributed by atoms with Crippen LogP contribution < -0.4 is 15.4 Å². The Morgan fingerprint density at radius 3 is 2.17 bits per heavy atom. The van der Waals surface area contributed by atoms with E-state index in [1.165, 1.54) is 12.3 Å². The van der Waals surface area contributed by atoms with Crippen molar-refractivity contribution in [2.45, 2.75) is 75.6 Å². The van der Waals surface area contributed by atoms with Crippen LogP contribution in [-0.2, 0) is 34.5 Å². The van der Waals surface area contributed by atoms with Crippen molar-refractivity contribution >= 4 is 17.7 Å². The Balaban J connectivity index is 1.94. The molecule has 2 heterocycles. The topological polar surface area (TPSA) is 139 Å². The number of aliphatic carboxylic acids is 1. The first-order chi connectivity index (χ1) is 24.2. The van der Waals surface area contributed by atoms with Crippen molar-refractivity contribution in [3.05, 3.63) is 87.7 Å². The van der Waals surface area contributed by atoms with Gasteiger partial charge >= 0.3 is 30.6 Å². The zero-order valence-corrected chi connectivity index (χ0v) is 27.3. The van der Waals surface area contributed by atoms with E-state index in [0.29, 0.717) is 18.2 Å². The number of ether oxygens (including phenoxy) is 2. The minimum Gasteiger partial charge on any atom is -0.492 e. The van der Waals surface area contributed by atoms with Crippen LogP contribution in [0.2, 0.25) is 0 Å². The molecule has 18 heteroatoms. The second-order valence-electron chi connectivity index (χ2n) is 12.0. The van der Waals surface area contributed by atoms with Gasteiger partial charge in [0.15, 0.2) is 0 Å². The van der Waals surface area contributed by atoms with Gasteiger partial charge in [-0.1, -0.05) is 6.92 Å². The Morgan fingerprint density at radius 2 is 1.62 bits per heavy atom. The zero-order valence-electron chi connectivity index (χ0n) is 27.3. The number of nitrogens with two attached hydrogens (primary N) is 1. The first-order valence-corrected chi connectivity index (χ1v) is 15.6. The van der Waals surface area contributed by atoms with Crippen LogP contribution in [0.25, 0.3) is 0 Å². The molecule has 0 saturated carbocycles. The van der Waals surface area contributed by atoms with Crippen molar-refractivity contribution in [2.75, 3.05) is 18.1 Å². The molecule has 2 atom stereocenters. The second kappa shape index (κ2) is 15.3. The number of nitrogens with zero attached hydrogens (tertiary/aromatic N) is 3. The molecule has 9 nitrogen and oxygen atoms in total. The first-order valence-electron chi connectivity index (χ1n) is 15.6. The molecule has 1 amide bonds. The standard InChI is InChI=1S/C34H31F9N4O5/c1-2-31(45)17-26(25-16-21(32(35,36)37)5-6-27(25)47(31)30(50)52-10-7-28(48)49)29-20(14-24(18-46-29)51-9-4-3-8-44)11-19-12-22(33(38,39)40)15-23(13-19)34(41,42)43/h5-6,12-16,18,26H,2-4,7,9-11,17,45H2,1H3,(H,48,49)/t26-,31+/m0/s1. The largest absolute Gasteiger partial charge is 0.492 e. The number of hydrogen-bond donors (Lipinski definition) is 2. The normalized spacial score (nSPS) is 17.7. The molecular weight excluding hydrogens is 715 g/mol. The summed E-state index contributed by atoms with van der Waals surface area (Å²) in [4.78, 5) is 29.6. The first kappa shape index (κ1) is 39.7. The van der Waals surface area contributed by atoms with Gasteiger partial charge in [-0.05, 0) is 84.8 Å². The molecule has 4 rings (SSSR count). The summed E-state index contributed by atoms with van der Waals surface area (Å²) in [6.07, 6.45) is -16.5. The Morgan fingerprint density at radius 1 is 0.981 bits per heavy atom. The number of nitriles is 1. The van der Waals surface area contributed by atoms with Crippen LogP contribution >= 0.6 is 0 Å². The van der Waals surface area contributed by atoms with Crippen LogP contribution in [-0.4, -0.2) is 41.0 Å². The lowest BCUT2D eigenvalue weighted by atomic mass is 9.77. The number of carboxylic acid groups (broad SMARTS) is 1. The van der Waals surface area contributed by atoms with Crippen molar-refractivity contribution in [2.24, 2.45) is 5.73 Å². The van der Waals surface area contributed by atoms with E-state index in [1.807, 2.05) is 6.07 Å². The monoisotopic (exact) mass is 746 g/mol. The minimum absolute atomic E-state index is 0.0120. The number of amides is 1. The zero-order chi connectivity index (χ0) is 38.6. The van der Waals surface area contributed by atoms with Gasteiger partial charge in [0.2, 0.25) is 0 Å². The van der Waals surface area contributed by atoms with Gasteiger partial charge in [-0.25, -0.2) is 4.79 Å². The van der Waals surface area contributed by atoms with Crippen LogP contribution in [0.1, 0.15) is 84.0 Å². The van der Waals surface area contributed by atoms with Crippen molar-refractivity contribution < 1.29 is 63.7 Å². The predicted octanol–water partition coefficient (Wildman–Crippen LogP) is 8.43. The lowest BCUT2D eigenvalue weighted by Gasteiger charge is -2.47. The van der Waals surface area contributed by atoms with Crippen LogP contribution in [0, 0.1) is 11.3 Å². The van der Waals surface area contributed by atoms with Gasteiger partial charge in [0, 0.05) is 12.3 Å². The van der Waals surface area contributed by atoms with Gasteiger partial charge in [-0.2, -0.15) is 44.8 Å². The third kappa shape index (κ3) is 9.24. The molecule has 0 bridgehead atoms. The summed E-state index contributed by atoms with van der Waals surface area (Å²) in [5, 5.41) is 17.8. The molecule has 52 heavy (non-hydrogen) atoms. The Bertz CT molecular complexity index is 1810. The highest BCUT2D eigenvalue weighted by Crippen LogP contribution is 2.49. The number of benzene rings is 2. The molecule has 0 unspecified atom stereocenters. The fraction of sp³-hybridized carbons (Fsp3) is 0.412. The number of anilines is 1. The molecule has 2 aromatic carbocycles. The SMILES string of the molecule is CC[C@]1(N)C[C@H](c2ncc(OCCCC#N)cc2Cc2cc(C(F)(F)F)cc(C(F)(F)F)c2)c2cc(C(F)(F)F)ccc2N1C(=O)OCCC(=O)O. The number of fused-ring (bicyclic) bond motifs is 1. The molecule has 3 aromatic rings. The molecule has 1 aliphatic heterocycles. The number of aromatic nitrogens is 1. The van der Waals surface area contributed by atoms with Gasteiger partial charge < -0.3 is 20.3 Å². The van der Waals surface area contributed by atoms with Gasteiger partial charge in [0.1, 0.15) is 18.0 Å². The number of pyridine rings is 1. The van der Waals surface area contributed by atoms with E-state index in [2.05, 4.69) is 4.98 Å². The van der Waals surface area contributed by atoms with E-state index >= 15 is 0 Å². The third-order valence-electron chi connectivity index (χ3n) is 8.36. The number of carbonyl (C=O) groups is 2. The van der Waals surface area contributed by atoms with Crippen LogP contribution in [0.15, 0.2) is 48.7 Å². The maximum Gasteiger partial charge on any atom is 0.416 e. The highest BCUT2D eigenvalue weighted by molar-refractivity contribution is 5.91. The number of carboxylic acids is 1. The molecule has 1 aliphatic rings. The number of unbranched alkanes of at least 4 members (excludes halogenated alkanes) is 1. The predicted molar refractivity (Wildman–Crippen MR) is 165 cm³/mol. The van der Waals surface area contributed by atoms with E-state index < -0.39 is 83.9 Å². The summed E-state index contributed by atoms with van der Waals surface area (Å²) in [7, 11) is 0. The van der Waals surface area contributed by atoms with Crippen LogP contribution in [0.4, 0.5) is 50.0 Å². The lowest BCUT2D eigenvalue weighted by Crippen LogP contribution is -2.61. The van der Waals surface area contributed by atoms with Crippen LogP contribution in [0.5, 0.6) is 5.75 Å². The van der Waals surface area contributed by atoms with Gasteiger partial charge in [-0.3, -0.25) is 14.7 Å². The van der Waals surface area contributed by atoms with Crippen molar-refractivity contribution in [3.63, 3.8) is 0 Å². The van der Waals surface area contributed by atoms with Crippen LogP contribution in [0.3, 0.4) is 0 Å². The average Bonchev–Trinajstić information content (AvgIpc) is 3.04. The maximum absolute atomic E-state index is 14.0. The molecule has 1 aromatic heterocycles. The lowest BCUT2D eigenvalue weighted by molar-refractivity contribution is -0.143. The molecular formula is C34H31F9N4O5. The van der Waals surface area contributed by atoms with Gasteiger partial charge in [0.05, 0.1) is 53.4 Å². The number of halogens is 9. The highest BCUT2D eigenvalue weighted by atomic mass is 19.4. The fourth-order valence-corrected chi connectivity index (χ4v) is 5.84.